The lowest BCUT2D eigenvalue weighted by Gasteiger charge is -2.00. The molecule has 3 nitrogen and oxygen atoms in total. The van der Waals surface area contributed by atoms with Gasteiger partial charge in [-0.25, -0.2) is 4.98 Å². The van der Waals surface area contributed by atoms with Gasteiger partial charge in [0.25, 0.3) is 0 Å². The molecule has 2 aromatic heterocycles. The predicted molar refractivity (Wildman–Crippen MR) is 75.1 cm³/mol. The number of hydrogen-bond donors (Lipinski definition) is 1. The van der Waals surface area contributed by atoms with Crippen LogP contribution in [0.3, 0.4) is 0 Å². The van der Waals surface area contributed by atoms with Crippen LogP contribution < -0.4 is 5.73 Å². The largest absolute Gasteiger partial charge is 0.396 e. The number of aromatic nitrogens is 2. The first-order valence-electron chi connectivity index (χ1n) is 5.34. The molecule has 5 heteroatoms. The average molecular weight is 278 g/mol. The van der Waals surface area contributed by atoms with Gasteiger partial charge in [0.05, 0.1) is 16.4 Å². The fraction of sp³-hybridized carbons (Fsp3) is 0. The van der Waals surface area contributed by atoms with Gasteiger partial charge in [-0.15, -0.1) is 0 Å². The second kappa shape index (κ2) is 4.19. The van der Waals surface area contributed by atoms with Crippen molar-refractivity contribution in [1.82, 2.24) is 9.38 Å². The molecule has 0 saturated carbocycles. The minimum atomic E-state index is 0.574. The maximum absolute atomic E-state index is 6.17. The third-order valence-electron chi connectivity index (χ3n) is 2.72. The monoisotopic (exact) mass is 277 g/mol. The first kappa shape index (κ1) is 11.4. The van der Waals surface area contributed by atoms with Crippen LogP contribution in [-0.4, -0.2) is 9.38 Å². The van der Waals surface area contributed by atoms with Crippen molar-refractivity contribution in [3.63, 3.8) is 0 Å². The molecule has 1 aromatic carbocycles. The van der Waals surface area contributed by atoms with Crippen LogP contribution in [0, 0.1) is 0 Å². The number of fused-ring (bicyclic) bond motifs is 1. The normalized spacial score (nSPS) is 11.0. The van der Waals surface area contributed by atoms with Crippen LogP contribution in [-0.2, 0) is 0 Å². The molecular weight excluding hydrogens is 269 g/mol. The predicted octanol–water partition coefficient (Wildman–Crippen LogP) is 3.89. The van der Waals surface area contributed by atoms with Crippen LogP contribution in [0.25, 0.3) is 16.9 Å². The molecule has 2 N–H and O–H groups in total. The molecule has 18 heavy (non-hydrogen) atoms. The first-order valence-corrected chi connectivity index (χ1v) is 6.09. The topological polar surface area (TPSA) is 43.3 Å². The highest BCUT2D eigenvalue weighted by atomic mass is 35.5. The van der Waals surface area contributed by atoms with Gasteiger partial charge in [-0.1, -0.05) is 23.2 Å². The quantitative estimate of drug-likeness (QED) is 0.733. The van der Waals surface area contributed by atoms with Crippen LogP contribution in [0.2, 0.25) is 10.0 Å². The Morgan fingerprint density at radius 3 is 2.72 bits per heavy atom. The average Bonchev–Trinajstić information content (AvgIpc) is 2.74. The number of nitrogens with zero attached hydrogens (tertiary/aromatic N) is 2. The Morgan fingerprint density at radius 1 is 1.17 bits per heavy atom. The molecule has 0 aliphatic rings. The van der Waals surface area contributed by atoms with Crippen molar-refractivity contribution in [3.8, 4) is 11.3 Å². The summed E-state index contributed by atoms with van der Waals surface area (Å²) in [7, 11) is 0. The fourth-order valence-electron chi connectivity index (χ4n) is 1.86. The van der Waals surface area contributed by atoms with Gasteiger partial charge in [0.1, 0.15) is 0 Å². The van der Waals surface area contributed by atoms with E-state index in [-0.39, 0.29) is 0 Å². The van der Waals surface area contributed by atoms with E-state index in [0.717, 1.165) is 16.9 Å². The molecule has 90 valence electrons. The van der Waals surface area contributed by atoms with E-state index >= 15 is 0 Å². The van der Waals surface area contributed by atoms with Gasteiger partial charge in [0, 0.05) is 23.0 Å². The van der Waals surface area contributed by atoms with Gasteiger partial charge in [-0.3, -0.25) is 0 Å². The number of nitrogen functional groups attached to an aromatic ring is 1. The summed E-state index contributed by atoms with van der Waals surface area (Å²) in [5.74, 6) is 0. The van der Waals surface area contributed by atoms with Gasteiger partial charge in [-0.2, -0.15) is 0 Å². The van der Waals surface area contributed by atoms with E-state index in [1.165, 1.54) is 0 Å². The molecule has 0 spiro atoms. The minimum absolute atomic E-state index is 0.574. The Hall–Kier alpha value is -1.71. The van der Waals surface area contributed by atoms with E-state index in [1.807, 2.05) is 35.0 Å². The summed E-state index contributed by atoms with van der Waals surface area (Å²) < 4.78 is 1.87. The van der Waals surface area contributed by atoms with Crippen molar-refractivity contribution in [2.45, 2.75) is 0 Å². The first-order chi connectivity index (χ1) is 8.65. The number of halogens is 2. The molecule has 3 aromatic rings. The van der Waals surface area contributed by atoms with Crippen molar-refractivity contribution in [2.24, 2.45) is 0 Å². The van der Waals surface area contributed by atoms with Crippen LogP contribution >= 0.6 is 23.2 Å². The summed E-state index contributed by atoms with van der Waals surface area (Å²) in [6.45, 7) is 0. The number of rotatable bonds is 1. The molecule has 0 fully saturated rings. The Bertz CT molecular complexity index is 734. The lowest BCUT2D eigenvalue weighted by molar-refractivity contribution is 1.19. The van der Waals surface area contributed by atoms with Crippen molar-refractivity contribution in [2.75, 3.05) is 5.73 Å². The molecule has 0 atom stereocenters. The fourth-order valence-corrected chi connectivity index (χ4v) is 2.37. The summed E-state index contributed by atoms with van der Waals surface area (Å²) in [6, 6.07) is 9.03. The molecular formula is C13H9Cl2N3. The van der Waals surface area contributed by atoms with Crippen molar-refractivity contribution < 1.29 is 0 Å². The van der Waals surface area contributed by atoms with E-state index in [9.17, 15) is 0 Å². The molecule has 2 heterocycles. The van der Waals surface area contributed by atoms with Crippen molar-refractivity contribution in [3.05, 3.63) is 52.8 Å². The Morgan fingerprint density at radius 2 is 2.00 bits per heavy atom. The maximum atomic E-state index is 6.17. The van der Waals surface area contributed by atoms with Gasteiger partial charge in [0.15, 0.2) is 5.65 Å². The standard InChI is InChI=1S/C13H9Cl2N3/c14-8-3-4-9(10(15)6-8)12-7-18-5-1-2-11(16)13(18)17-12/h1-7H,16H2. The second-order valence-electron chi connectivity index (χ2n) is 3.94. The smallest absolute Gasteiger partial charge is 0.160 e. The molecule has 0 bridgehead atoms. The molecule has 0 saturated heterocycles. The number of imidazole rings is 1. The highest BCUT2D eigenvalue weighted by Gasteiger charge is 2.09. The van der Waals surface area contributed by atoms with Gasteiger partial charge < -0.3 is 10.1 Å². The highest BCUT2D eigenvalue weighted by molar-refractivity contribution is 6.36. The summed E-state index contributed by atoms with van der Waals surface area (Å²) in [4.78, 5) is 4.48. The summed E-state index contributed by atoms with van der Waals surface area (Å²) in [5.41, 5.74) is 8.84. The highest BCUT2D eigenvalue weighted by Crippen LogP contribution is 2.30. The van der Waals surface area contributed by atoms with E-state index in [2.05, 4.69) is 4.98 Å². The van der Waals surface area contributed by atoms with Crippen LogP contribution in [0.5, 0.6) is 0 Å². The van der Waals surface area contributed by atoms with Crippen molar-refractivity contribution >= 4 is 34.5 Å². The molecule has 0 aliphatic heterocycles. The van der Waals surface area contributed by atoms with Gasteiger partial charge in [-0.05, 0) is 30.3 Å². The zero-order valence-electron chi connectivity index (χ0n) is 9.27. The van der Waals surface area contributed by atoms with E-state index in [0.29, 0.717) is 15.7 Å². The van der Waals surface area contributed by atoms with Crippen LogP contribution in [0.15, 0.2) is 42.7 Å². The summed E-state index contributed by atoms with van der Waals surface area (Å²) >= 11 is 12.0. The van der Waals surface area contributed by atoms with Crippen molar-refractivity contribution in [1.29, 1.82) is 0 Å². The lowest BCUT2D eigenvalue weighted by atomic mass is 10.2. The Labute approximate surface area is 114 Å². The van der Waals surface area contributed by atoms with E-state index in [1.54, 1.807) is 12.1 Å². The lowest BCUT2D eigenvalue weighted by Crippen LogP contribution is -1.90. The number of hydrogen-bond acceptors (Lipinski definition) is 2. The Kier molecular flexibility index (Phi) is 2.65. The molecule has 0 unspecified atom stereocenters. The Balaban J connectivity index is 2.23. The molecule has 3 rings (SSSR count). The maximum Gasteiger partial charge on any atom is 0.160 e. The third kappa shape index (κ3) is 1.82. The van der Waals surface area contributed by atoms with Gasteiger partial charge in [0.2, 0.25) is 0 Å². The zero-order chi connectivity index (χ0) is 12.7. The SMILES string of the molecule is Nc1cccn2cc(-c3ccc(Cl)cc3Cl)nc12. The minimum Gasteiger partial charge on any atom is -0.396 e. The number of benzene rings is 1. The summed E-state index contributed by atoms with van der Waals surface area (Å²) in [6.07, 6.45) is 3.78. The van der Waals surface area contributed by atoms with Crippen LogP contribution in [0.4, 0.5) is 5.69 Å². The number of pyridine rings is 1. The second-order valence-corrected chi connectivity index (χ2v) is 4.79. The molecule has 0 aliphatic carbocycles. The number of nitrogens with two attached hydrogens (primary N) is 1. The molecule has 0 amide bonds. The van der Waals surface area contributed by atoms with Gasteiger partial charge >= 0.3 is 0 Å². The third-order valence-corrected chi connectivity index (χ3v) is 3.27. The van der Waals surface area contributed by atoms with Crippen LogP contribution in [0.1, 0.15) is 0 Å². The van der Waals surface area contributed by atoms with E-state index in [4.69, 9.17) is 28.9 Å². The zero-order valence-corrected chi connectivity index (χ0v) is 10.8. The number of anilines is 1. The molecule has 0 radical (unpaired) electrons. The summed E-state index contributed by atoms with van der Waals surface area (Å²) in [5, 5.41) is 1.18. The van der Waals surface area contributed by atoms with E-state index < -0.39 is 0 Å².